The minimum absolute atomic E-state index is 0. The van der Waals surface area contributed by atoms with Gasteiger partial charge in [-0.1, -0.05) is 106 Å². The van der Waals surface area contributed by atoms with E-state index in [1.54, 1.807) is 0 Å². The zero-order valence-electron chi connectivity index (χ0n) is 22.7. The van der Waals surface area contributed by atoms with E-state index < -0.39 is 0 Å². The van der Waals surface area contributed by atoms with Crippen molar-refractivity contribution >= 4 is 0 Å². The molecule has 0 amide bonds. The molecule has 5 rings (SSSR count). The third kappa shape index (κ3) is 6.06. The van der Waals surface area contributed by atoms with E-state index >= 15 is 0 Å². The number of benzene rings is 3. The maximum atomic E-state index is 3.88. The average molecular weight is 538 g/mol. The first-order chi connectivity index (χ1) is 15.9. The van der Waals surface area contributed by atoms with Crippen molar-refractivity contribution < 1.29 is 26.2 Å². The van der Waals surface area contributed by atoms with Gasteiger partial charge in [0, 0.05) is 0 Å². The SMILES string of the molecule is Cc1ccc(-c2[c-]c3c(cc2C(C)(C)C)-c2cc(C(C)(C)C)ccc2C3)c(C)c1.[C-]1=CC=CC1.[Zr+2]. The van der Waals surface area contributed by atoms with E-state index in [0.29, 0.717) is 0 Å². The van der Waals surface area contributed by atoms with Crippen LogP contribution in [0.4, 0.5) is 0 Å². The van der Waals surface area contributed by atoms with E-state index in [-0.39, 0.29) is 37.0 Å². The molecule has 35 heavy (non-hydrogen) atoms. The van der Waals surface area contributed by atoms with Crippen LogP contribution in [-0.2, 0) is 43.5 Å². The monoisotopic (exact) mass is 536 g/mol. The smallest absolute Gasteiger partial charge is 0.273 e. The summed E-state index contributed by atoms with van der Waals surface area (Å²) in [5.74, 6) is 0. The molecule has 2 aliphatic rings. The normalized spacial score (nSPS) is 13.6. The molecular formula is C34H38Zr. The molecule has 0 aromatic heterocycles. The summed E-state index contributed by atoms with van der Waals surface area (Å²) >= 11 is 0. The minimum Gasteiger partial charge on any atom is -0.273 e. The molecule has 178 valence electrons. The Kier molecular flexibility index (Phi) is 8.33. The largest absolute Gasteiger partial charge is 2.00 e. The van der Waals surface area contributed by atoms with E-state index in [9.17, 15) is 0 Å². The Morgan fingerprint density at radius 1 is 0.771 bits per heavy atom. The minimum atomic E-state index is 0. The van der Waals surface area contributed by atoms with Crippen LogP contribution in [-0.4, -0.2) is 0 Å². The van der Waals surface area contributed by atoms with E-state index in [1.807, 2.05) is 12.2 Å². The Labute approximate surface area is 232 Å². The van der Waals surface area contributed by atoms with Crippen LogP contribution in [0.25, 0.3) is 22.3 Å². The van der Waals surface area contributed by atoms with Crippen molar-refractivity contribution in [2.75, 3.05) is 0 Å². The van der Waals surface area contributed by atoms with Crippen molar-refractivity contribution in [3.63, 3.8) is 0 Å². The predicted octanol–water partition coefficient (Wildman–Crippen LogP) is 9.24. The first kappa shape index (κ1) is 27.6. The summed E-state index contributed by atoms with van der Waals surface area (Å²) in [7, 11) is 0. The predicted molar refractivity (Wildman–Crippen MR) is 147 cm³/mol. The van der Waals surface area contributed by atoms with Crippen LogP contribution < -0.4 is 0 Å². The molecular weight excluding hydrogens is 500 g/mol. The first-order valence-electron chi connectivity index (χ1n) is 12.5. The van der Waals surface area contributed by atoms with E-state index in [4.69, 9.17) is 0 Å². The van der Waals surface area contributed by atoms with Gasteiger partial charge >= 0.3 is 26.2 Å². The number of aryl methyl sites for hydroxylation is 2. The first-order valence-corrected chi connectivity index (χ1v) is 12.5. The van der Waals surface area contributed by atoms with Gasteiger partial charge in [-0.05, 0) is 42.2 Å². The Bertz CT molecular complexity index is 1260. The van der Waals surface area contributed by atoms with Gasteiger partial charge < -0.3 is 0 Å². The summed E-state index contributed by atoms with van der Waals surface area (Å²) in [6, 6.07) is 20.2. The van der Waals surface area contributed by atoms with Crippen molar-refractivity contribution in [3.8, 4) is 22.3 Å². The Morgan fingerprint density at radius 2 is 1.51 bits per heavy atom. The molecule has 0 N–H and O–H groups in total. The van der Waals surface area contributed by atoms with Gasteiger partial charge in [0.1, 0.15) is 0 Å². The summed E-state index contributed by atoms with van der Waals surface area (Å²) in [4.78, 5) is 0. The zero-order valence-corrected chi connectivity index (χ0v) is 25.1. The van der Waals surface area contributed by atoms with Crippen LogP contribution >= 0.6 is 0 Å². The van der Waals surface area contributed by atoms with Gasteiger partial charge in [0.15, 0.2) is 0 Å². The number of fused-ring (bicyclic) bond motifs is 3. The fourth-order valence-electron chi connectivity index (χ4n) is 4.85. The summed E-state index contributed by atoms with van der Waals surface area (Å²) in [6.45, 7) is 18.2. The number of hydrogen-bond acceptors (Lipinski definition) is 0. The number of hydrogen-bond donors (Lipinski definition) is 0. The van der Waals surface area contributed by atoms with Crippen molar-refractivity contribution in [1.29, 1.82) is 0 Å². The Balaban J connectivity index is 0.000000509. The second kappa shape index (κ2) is 10.6. The molecule has 0 nitrogen and oxygen atoms in total. The molecule has 0 unspecified atom stereocenters. The molecule has 0 fully saturated rings. The number of allylic oxidation sites excluding steroid dienone is 4. The van der Waals surface area contributed by atoms with Crippen molar-refractivity contribution in [3.05, 3.63) is 106 Å². The topological polar surface area (TPSA) is 0 Å². The quantitative estimate of drug-likeness (QED) is 0.212. The van der Waals surface area contributed by atoms with Gasteiger partial charge in [-0.3, -0.25) is 6.08 Å². The van der Waals surface area contributed by atoms with Gasteiger partial charge in [-0.2, -0.15) is 6.08 Å². The van der Waals surface area contributed by atoms with Crippen LogP contribution in [0.5, 0.6) is 0 Å². The summed E-state index contributed by atoms with van der Waals surface area (Å²) in [5, 5.41) is 0. The summed E-state index contributed by atoms with van der Waals surface area (Å²) in [6.07, 6.45) is 11.0. The zero-order chi connectivity index (χ0) is 24.7. The molecule has 0 heterocycles. The van der Waals surface area contributed by atoms with Gasteiger partial charge in [0.05, 0.1) is 0 Å². The molecule has 3 aromatic rings. The van der Waals surface area contributed by atoms with Crippen molar-refractivity contribution in [2.45, 2.75) is 79.1 Å². The molecule has 0 atom stereocenters. The standard InChI is InChI=1S/C29H33.C5H5.Zr/c1-18-9-12-23(19(2)13-18)26-15-21-14-20-10-11-22(28(3,4)5)16-24(20)25(21)17-27(26)29(6,7)8;1-2-4-5-3-1;/h9-13,16-17H,14H2,1-8H3;1-3H,4H2;/q2*-1;+2. The van der Waals surface area contributed by atoms with Gasteiger partial charge in [0.2, 0.25) is 0 Å². The van der Waals surface area contributed by atoms with E-state index in [1.165, 1.54) is 55.6 Å². The Morgan fingerprint density at radius 3 is 2.06 bits per heavy atom. The van der Waals surface area contributed by atoms with E-state index in [0.717, 1.165) is 12.8 Å². The van der Waals surface area contributed by atoms with Gasteiger partial charge in [0.25, 0.3) is 0 Å². The third-order valence-corrected chi connectivity index (χ3v) is 6.84. The molecule has 1 heteroatoms. The Hall–Kier alpha value is -1.98. The molecule has 2 aliphatic carbocycles. The molecule has 0 saturated carbocycles. The van der Waals surface area contributed by atoms with Crippen LogP contribution in [0.2, 0.25) is 0 Å². The molecule has 0 saturated heterocycles. The van der Waals surface area contributed by atoms with Crippen molar-refractivity contribution in [1.82, 2.24) is 0 Å². The van der Waals surface area contributed by atoms with Crippen LogP contribution in [0.15, 0.2) is 60.7 Å². The van der Waals surface area contributed by atoms with Gasteiger partial charge in [-0.15, -0.1) is 35.2 Å². The molecule has 0 radical (unpaired) electrons. The van der Waals surface area contributed by atoms with Crippen LogP contribution in [0.3, 0.4) is 0 Å². The van der Waals surface area contributed by atoms with Gasteiger partial charge in [-0.25, -0.2) is 12.2 Å². The van der Waals surface area contributed by atoms with Crippen molar-refractivity contribution in [2.24, 2.45) is 0 Å². The fraction of sp³-hybridized carbons (Fsp3) is 0.353. The molecule has 0 spiro atoms. The van der Waals surface area contributed by atoms with E-state index in [2.05, 4.69) is 116 Å². The third-order valence-electron chi connectivity index (χ3n) is 6.84. The van der Waals surface area contributed by atoms with Crippen LogP contribution in [0, 0.1) is 26.0 Å². The second-order valence-corrected chi connectivity index (χ2v) is 11.8. The van der Waals surface area contributed by atoms with Crippen LogP contribution in [0.1, 0.15) is 81.3 Å². The fourth-order valence-corrected chi connectivity index (χ4v) is 4.85. The maximum Gasteiger partial charge on any atom is 2.00 e. The molecule has 3 aromatic carbocycles. The summed E-state index contributed by atoms with van der Waals surface area (Å²) < 4.78 is 0. The molecule has 0 aliphatic heterocycles. The summed E-state index contributed by atoms with van der Waals surface area (Å²) in [5.41, 5.74) is 13.8. The second-order valence-electron chi connectivity index (χ2n) is 11.8. The average Bonchev–Trinajstić information content (AvgIpc) is 3.42. The number of rotatable bonds is 1. The maximum absolute atomic E-state index is 3.88. The molecule has 0 bridgehead atoms.